The zero-order valence-corrected chi connectivity index (χ0v) is 53.7. The highest BCUT2D eigenvalue weighted by atomic mass is 15.1. The molecule has 0 radical (unpaired) electrons. The van der Waals surface area contributed by atoms with Gasteiger partial charge in [0.05, 0.1) is 22.1 Å². The van der Waals surface area contributed by atoms with Gasteiger partial charge in [-0.3, -0.25) is 9.13 Å². The number of aromatic nitrogens is 4. The fraction of sp³-hybridized carbons (Fsp3) is 0.0323. The molecule has 17 aromatic carbocycles. The lowest BCUT2D eigenvalue weighted by Gasteiger charge is -2.19. The largest absolute Gasteiger partial charge is 0.297 e. The molecule has 2 heterocycles. The zero-order valence-electron chi connectivity index (χ0n) is 53.7. The second-order valence-corrected chi connectivity index (χ2v) is 25.7. The molecule has 0 bridgehead atoms. The third kappa shape index (κ3) is 9.05. The van der Waals surface area contributed by atoms with Crippen LogP contribution < -0.4 is 0 Å². The first-order chi connectivity index (χ1) is 48.0. The first-order valence-corrected chi connectivity index (χ1v) is 33.7. The van der Waals surface area contributed by atoms with Crippen LogP contribution in [0.5, 0.6) is 0 Å². The Hall–Kier alpha value is -12.5. The maximum absolute atomic E-state index is 5.40. The van der Waals surface area contributed by atoms with Crippen molar-refractivity contribution in [1.29, 1.82) is 0 Å². The number of rotatable bonds is 10. The van der Waals surface area contributed by atoms with Gasteiger partial charge >= 0.3 is 0 Å². The quantitative estimate of drug-likeness (QED) is 0.101. The molecule has 0 N–H and O–H groups in total. The number of hydrogen-bond acceptors (Lipinski definition) is 2. The molecule has 97 heavy (non-hydrogen) atoms. The van der Waals surface area contributed by atoms with Gasteiger partial charge < -0.3 is 0 Å². The molecule has 4 heteroatoms. The van der Waals surface area contributed by atoms with E-state index in [1.807, 2.05) is 0 Å². The SMILES string of the molecule is CCc1nc2ccccc2n1-c1ccc(-c2c3ccccc3c(-c3ccc4c5ccc(-c6cccc7c6nc(C)n7-c6ccc(-c7c8ccccc8c(-c8cc(-c9ccccc9)cc(-c9ccccc9)c8)c8ccccc78)cc6)cc5c5ccccc5c4c3)c3ccccc23)cc1. The van der Waals surface area contributed by atoms with Gasteiger partial charge in [-0.2, -0.15) is 0 Å². The molecule has 0 amide bonds. The molecule has 0 aliphatic carbocycles. The van der Waals surface area contributed by atoms with Gasteiger partial charge in [0.1, 0.15) is 11.6 Å². The monoisotopic (exact) mass is 1230 g/mol. The van der Waals surface area contributed by atoms with Crippen molar-refractivity contribution < 1.29 is 0 Å². The molecule has 0 spiro atoms. The fourth-order valence-corrected chi connectivity index (χ4v) is 16.1. The minimum atomic E-state index is 0.846. The number of para-hydroxylation sites is 3. The molecular formula is C93H62N4. The van der Waals surface area contributed by atoms with Gasteiger partial charge in [0.15, 0.2) is 0 Å². The number of benzene rings is 17. The predicted octanol–water partition coefficient (Wildman–Crippen LogP) is 25.0. The highest BCUT2D eigenvalue weighted by Crippen LogP contribution is 2.49. The number of imidazole rings is 2. The molecular weight excluding hydrogens is 1170 g/mol. The van der Waals surface area contributed by atoms with Gasteiger partial charge in [0.2, 0.25) is 0 Å². The summed E-state index contributed by atoms with van der Waals surface area (Å²) in [6.45, 7) is 4.31. The standard InChI is InChI=1S/C93H62N4/c1-3-88-95-85-38-20-21-39-86(85)97(88)69-49-43-62(44-50-69)89-75-29-12-16-33-79(75)91(80-34-17-13-30-76(80)89)64-46-52-74-73-51-45-63(56-83(73)71-27-10-11-28-72(71)84(74)57-64)70-37-22-40-87-93(70)94-58(2)96(87)68-47-41-61(42-48-68)90-77-31-14-18-35-81(77)92(82-36-19-15-32-78(82)90)67-54-65(59-23-6-4-7-24-59)53-66(55-67)60-25-8-5-9-26-60/h4-57H,3H2,1-2H3. The second kappa shape index (κ2) is 22.6. The Bertz CT molecular complexity index is 6200. The van der Waals surface area contributed by atoms with Crippen LogP contribution in [0.3, 0.4) is 0 Å². The van der Waals surface area contributed by atoms with Crippen LogP contribution in [0.25, 0.3) is 187 Å². The summed E-state index contributed by atoms with van der Waals surface area (Å²) in [4.78, 5) is 10.4. The van der Waals surface area contributed by atoms with Crippen molar-refractivity contribution in [2.24, 2.45) is 0 Å². The average Bonchev–Trinajstić information content (AvgIpc) is 1.14. The second-order valence-electron chi connectivity index (χ2n) is 25.7. The molecule has 0 saturated carbocycles. The Balaban J connectivity index is 0.686. The Morgan fingerprint density at radius 2 is 0.619 bits per heavy atom. The Labute approximate surface area is 561 Å². The number of aryl methyl sites for hydroxylation is 2. The van der Waals surface area contributed by atoms with Gasteiger partial charge in [-0.05, 0) is 227 Å². The molecule has 0 saturated heterocycles. The lowest BCUT2D eigenvalue weighted by molar-refractivity contribution is 0.908. The molecule has 0 aliphatic heterocycles. The van der Waals surface area contributed by atoms with Crippen LogP contribution >= 0.6 is 0 Å². The summed E-state index contributed by atoms with van der Waals surface area (Å²) in [6.07, 6.45) is 0.846. The van der Waals surface area contributed by atoms with E-state index in [1.165, 1.54) is 142 Å². The van der Waals surface area contributed by atoms with Crippen LogP contribution in [0.15, 0.2) is 328 Å². The smallest absolute Gasteiger partial charge is 0.114 e. The summed E-state index contributed by atoms with van der Waals surface area (Å²) < 4.78 is 4.62. The molecule has 0 fully saturated rings. The van der Waals surface area contributed by atoms with Crippen LogP contribution in [0.2, 0.25) is 0 Å². The van der Waals surface area contributed by atoms with Gasteiger partial charge in [-0.15, -0.1) is 0 Å². The summed E-state index contributed by atoms with van der Waals surface area (Å²) in [5.41, 5.74) is 23.1. The minimum Gasteiger partial charge on any atom is -0.297 e. The van der Waals surface area contributed by atoms with Gasteiger partial charge in [0.25, 0.3) is 0 Å². The van der Waals surface area contributed by atoms with Crippen molar-refractivity contribution >= 4 is 97.5 Å². The van der Waals surface area contributed by atoms with Crippen LogP contribution in [-0.2, 0) is 6.42 Å². The highest BCUT2D eigenvalue weighted by Gasteiger charge is 2.23. The van der Waals surface area contributed by atoms with E-state index in [0.29, 0.717) is 0 Å². The van der Waals surface area contributed by atoms with E-state index in [1.54, 1.807) is 0 Å². The van der Waals surface area contributed by atoms with Crippen LogP contribution in [0, 0.1) is 6.92 Å². The molecule has 4 nitrogen and oxygen atoms in total. The molecule has 0 unspecified atom stereocenters. The van der Waals surface area contributed by atoms with E-state index < -0.39 is 0 Å². The van der Waals surface area contributed by atoms with Gasteiger partial charge in [-0.25, -0.2) is 9.97 Å². The van der Waals surface area contributed by atoms with E-state index in [2.05, 4.69) is 351 Å². The summed E-state index contributed by atoms with van der Waals surface area (Å²) in [6, 6.07) is 121. The van der Waals surface area contributed by atoms with Crippen molar-refractivity contribution in [3.05, 3.63) is 339 Å². The first kappa shape index (κ1) is 56.1. The highest BCUT2D eigenvalue weighted by molar-refractivity contribution is 6.28. The number of nitrogens with zero attached hydrogens (tertiary/aromatic N) is 4. The predicted molar refractivity (Wildman–Crippen MR) is 410 cm³/mol. The van der Waals surface area contributed by atoms with Crippen molar-refractivity contribution in [2.45, 2.75) is 20.3 Å². The Morgan fingerprint density at radius 1 is 0.247 bits per heavy atom. The molecule has 0 aliphatic rings. The molecule has 454 valence electrons. The third-order valence-electron chi connectivity index (χ3n) is 20.4. The summed E-state index contributed by atoms with van der Waals surface area (Å²) >= 11 is 0. The fourth-order valence-electron chi connectivity index (χ4n) is 16.1. The van der Waals surface area contributed by atoms with E-state index in [-0.39, 0.29) is 0 Å². The van der Waals surface area contributed by atoms with E-state index in [0.717, 1.165) is 62.6 Å². The topological polar surface area (TPSA) is 35.6 Å². The van der Waals surface area contributed by atoms with E-state index in [9.17, 15) is 0 Å². The number of fused-ring (bicyclic) bond motifs is 12. The first-order valence-electron chi connectivity index (χ1n) is 33.7. The minimum absolute atomic E-state index is 0.846. The molecule has 19 rings (SSSR count). The lowest BCUT2D eigenvalue weighted by Crippen LogP contribution is -2.00. The van der Waals surface area contributed by atoms with Crippen LogP contribution in [0.4, 0.5) is 0 Å². The van der Waals surface area contributed by atoms with Crippen LogP contribution in [0.1, 0.15) is 18.6 Å². The van der Waals surface area contributed by atoms with Gasteiger partial charge in [0, 0.05) is 23.4 Å². The van der Waals surface area contributed by atoms with E-state index >= 15 is 0 Å². The number of hydrogen-bond donors (Lipinski definition) is 0. The molecule has 2 aromatic heterocycles. The van der Waals surface area contributed by atoms with Crippen molar-refractivity contribution in [3.63, 3.8) is 0 Å². The van der Waals surface area contributed by atoms with Crippen molar-refractivity contribution in [3.8, 4) is 89.3 Å². The zero-order chi connectivity index (χ0) is 64.2. The Morgan fingerprint density at radius 3 is 1.11 bits per heavy atom. The van der Waals surface area contributed by atoms with E-state index in [4.69, 9.17) is 9.97 Å². The summed E-state index contributed by atoms with van der Waals surface area (Å²) in [5, 5.41) is 17.2. The maximum atomic E-state index is 5.40. The maximum Gasteiger partial charge on any atom is 0.114 e. The summed E-state index contributed by atoms with van der Waals surface area (Å²) in [5.74, 6) is 2.00. The van der Waals surface area contributed by atoms with Crippen molar-refractivity contribution in [2.75, 3.05) is 0 Å². The molecule has 19 aromatic rings. The van der Waals surface area contributed by atoms with Crippen LogP contribution in [-0.4, -0.2) is 19.1 Å². The normalized spacial score (nSPS) is 11.9. The average molecular weight is 1240 g/mol. The molecule has 0 atom stereocenters. The Kier molecular flexibility index (Phi) is 13.1. The third-order valence-corrected chi connectivity index (χ3v) is 20.4. The lowest BCUT2D eigenvalue weighted by atomic mass is 9.84. The van der Waals surface area contributed by atoms with Crippen molar-refractivity contribution in [1.82, 2.24) is 19.1 Å². The summed E-state index contributed by atoms with van der Waals surface area (Å²) in [7, 11) is 0. The van der Waals surface area contributed by atoms with Gasteiger partial charge in [-0.1, -0.05) is 262 Å².